The highest BCUT2D eigenvalue weighted by molar-refractivity contribution is 6.08. The van der Waals surface area contributed by atoms with Crippen molar-refractivity contribution in [3.05, 3.63) is 46.4 Å². The van der Waals surface area contributed by atoms with Gasteiger partial charge in [-0.1, -0.05) is 6.07 Å². The Bertz CT molecular complexity index is 829. The van der Waals surface area contributed by atoms with E-state index in [-0.39, 0.29) is 5.43 Å². The third kappa shape index (κ3) is 1.79. The second-order valence-electron chi connectivity index (χ2n) is 4.20. The molecular weight excluding hydrogens is 244 g/mol. The number of hydrogen-bond acceptors (Lipinski definition) is 3. The van der Waals surface area contributed by atoms with Crippen LogP contribution >= 0.6 is 0 Å². The van der Waals surface area contributed by atoms with Gasteiger partial charge in [-0.25, -0.2) is 4.79 Å². The van der Waals surface area contributed by atoms with Crippen LogP contribution in [0.2, 0.25) is 0 Å². The summed E-state index contributed by atoms with van der Waals surface area (Å²) < 4.78 is 4.94. The summed E-state index contributed by atoms with van der Waals surface area (Å²) >= 11 is 0. The molecule has 5 heteroatoms. The largest absolute Gasteiger partial charge is 0.461 e. The zero-order chi connectivity index (χ0) is 13.4. The standard InChI is InChI=1S/C14H12N2O3/c1-2-19-14(18)10-6-8-11(7-15-10)16-9-4-3-5-12(17)13(8)9/h3-7,15-16H,2H2,1H3. The number of pyridine rings is 1. The molecule has 0 spiro atoms. The van der Waals surface area contributed by atoms with Crippen LogP contribution in [-0.4, -0.2) is 22.5 Å². The fourth-order valence-corrected chi connectivity index (χ4v) is 2.19. The molecule has 0 amide bonds. The summed E-state index contributed by atoms with van der Waals surface area (Å²) in [7, 11) is 0. The number of carbonyl (C=O) groups excluding carboxylic acids is 1. The molecule has 96 valence electrons. The summed E-state index contributed by atoms with van der Waals surface area (Å²) in [6.07, 6.45) is 1.67. The quantitative estimate of drug-likeness (QED) is 0.690. The van der Waals surface area contributed by atoms with E-state index in [2.05, 4.69) is 9.97 Å². The Morgan fingerprint density at radius 3 is 2.95 bits per heavy atom. The molecule has 5 nitrogen and oxygen atoms in total. The average molecular weight is 256 g/mol. The maximum Gasteiger partial charge on any atom is 0.354 e. The first kappa shape index (κ1) is 11.5. The van der Waals surface area contributed by atoms with Gasteiger partial charge in [0.15, 0.2) is 5.43 Å². The smallest absolute Gasteiger partial charge is 0.354 e. The molecule has 3 aromatic rings. The first-order valence-corrected chi connectivity index (χ1v) is 6.01. The lowest BCUT2D eigenvalue weighted by molar-refractivity contribution is 0.0520. The van der Waals surface area contributed by atoms with Gasteiger partial charge in [0.25, 0.3) is 0 Å². The van der Waals surface area contributed by atoms with E-state index in [9.17, 15) is 9.59 Å². The van der Waals surface area contributed by atoms with Crippen molar-refractivity contribution in [1.82, 2.24) is 9.97 Å². The number of rotatable bonds is 2. The predicted octanol–water partition coefficient (Wildman–Crippen LogP) is 2.19. The molecule has 0 aliphatic rings. The van der Waals surface area contributed by atoms with Gasteiger partial charge in [-0.15, -0.1) is 0 Å². The third-order valence-corrected chi connectivity index (χ3v) is 3.01. The number of fused-ring (bicyclic) bond motifs is 3. The topological polar surface area (TPSA) is 75.0 Å². The number of aromatic nitrogens is 2. The number of nitrogens with one attached hydrogen (secondary N) is 2. The summed E-state index contributed by atoms with van der Waals surface area (Å²) in [5, 5.41) is 1.32. The number of ether oxygens (including phenoxy) is 1. The minimum atomic E-state index is -0.429. The van der Waals surface area contributed by atoms with Crippen LogP contribution in [0, 0.1) is 0 Å². The van der Waals surface area contributed by atoms with E-state index in [0.717, 1.165) is 16.4 Å². The van der Waals surface area contributed by atoms with Crippen LogP contribution < -0.4 is 5.43 Å². The van der Waals surface area contributed by atoms with E-state index >= 15 is 0 Å². The molecule has 0 aliphatic heterocycles. The highest BCUT2D eigenvalue weighted by Gasteiger charge is 2.12. The Morgan fingerprint density at radius 2 is 2.16 bits per heavy atom. The van der Waals surface area contributed by atoms with Crippen molar-refractivity contribution in [3.63, 3.8) is 0 Å². The number of H-pyrrole nitrogens is 2. The molecular formula is C14H12N2O3. The number of carbonyl (C=O) groups is 1. The first-order valence-electron chi connectivity index (χ1n) is 6.01. The van der Waals surface area contributed by atoms with Crippen molar-refractivity contribution in [2.24, 2.45) is 0 Å². The Balaban J connectivity index is 2.29. The van der Waals surface area contributed by atoms with Crippen LogP contribution in [-0.2, 0) is 4.74 Å². The molecule has 1 aromatic carbocycles. The van der Waals surface area contributed by atoms with Gasteiger partial charge in [-0.05, 0) is 25.1 Å². The van der Waals surface area contributed by atoms with Crippen molar-refractivity contribution in [1.29, 1.82) is 0 Å². The summed E-state index contributed by atoms with van der Waals surface area (Å²) in [5.41, 5.74) is 1.81. The Hall–Kier alpha value is -2.56. The summed E-state index contributed by atoms with van der Waals surface area (Å²) in [4.78, 5) is 29.6. The molecule has 3 rings (SSSR count). The van der Waals surface area contributed by atoms with Crippen LogP contribution in [0.15, 0.2) is 35.3 Å². The number of esters is 1. The van der Waals surface area contributed by atoms with Crippen molar-refractivity contribution in [2.75, 3.05) is 6.61 Å². The maximum absolute atomic E-state index is 11.9. The van der Waals surface area contributed by atoms with Crippen LogP contribution in [0.4, 0.5) is 0 Å². The van der Waals surface area contributed by atoms with Gasteiger partial charge in [-0.2, -0.15) is 0 Å². The Labute approximate surface area is 108 Å². The van der Waals surface area contributed by atoms with Gasteiger partial charge in [0, 0.05) is 11.6 Å². The maximum atomic E-state index is 11.9. The molecule has 0 saturated carbocycles. The molecule has 0 aliphatic carbocycles. The minimum absolute atomic E-state index is 0.0650. The van der Waals surface area contributed by atoms with E-state index < -0.39 is 5.97 Å². The Kier molecular flexibility index (Phi) is 2.59. The molecule has 0 fully saturated rings. The van der Waals surface area contributed by atoms with Crippen LogP contribution in [0.1, 0.15) is 17.4 Å². The summed E-state index contributed by atoms with van der Waals surface area (Å²) in [5.74, 6) is -0.429. The fraction of sp³-hybridized carbons (Fsp3) is 0.143. The lowest BCUT2D eigenvalue weighted by Gasteiger charge is -2.01. The number of aromatic amines is 2. The van der Waals surface area contributed by atoms with Crippen molar-refractivity contribution < 1.29 is 9.53 Å². The predicted molar refractivity (Wildman–Crippen MR) is 72.4 cm³/mol. The van der Waals surface area contributed by atoms with Crippen molar-refractivity contribution >= 4 is 27.8 Å². The highest BCUT2D eigenvalue weighted by atomic mass is 16.5. The van der Waals surface area contributed by atoms with Gasteiger partial charge in [0.2, 0.25) is 0 Å². The van der Waals surface area contributed by atoms with E-state index in [1.165, 1.54) is 6.07 Å². The van der Waals surface area contributed by atoms with E-state index in [1.54, 1.807) is 25.3 Å². The number of benzene rings is 1. The summed E-state index contributed by atoms with van der Waals surface area (Å²) in [6.45, 7) is 2.06. The average Bonchev–Trinajstić information content (AvgIpc) is 2.77. The first-order chi connectivity index (χ1) is 9.20. The molecule has 0 radical (unpaired) electrons. The number of hydrogen-bond donors (Lipinski definition) is 2. The van der Waals surface area contributed by atoms with Crippen LogP contribution in [0.3, 0.4) is 0 Å². The fourth-order valence-electron chi connectivity index (χ4n) is 2.19. The zero-order valence-corrected chi connectivity index (χ0v) is 10.3. The molecule has 2 aromatic heterocycles. The zero-order valence-electron chi connectivity index (χ0n) is 10.3. The van der Waals surface area contributed by atoms with Crippen LogP contribution in [0.25, 0.3) is 21.8 Å². The lowest BCUT2D eigenvalue weighted by Crippen LogP contribution is -2.06. The molecule has 0 saturated heterocycles. The van der Waals surface area contributed by atoms with Gasteiger partial charge in [0.05, 0.1) is 23.0 Å². The second-order valence-corrected chi connectivity index (χ2v) is 4.20. The lowest BCUT2D eigenvalue weighted by atomic mass is 10.1. The Morgan fingerprint density at radius 1 is 1.32 bits per heavy atom. The summed E-state index contributed by atoms with van der Waals surface area (Å²) in [6, 6.07) is 6.70. The van der Waals surface area contributed by atoms with Crippen LogP contribution in [0.5, 0.6) is 0 Å². The molecule has 2 heterocycles. The van der Waals surface area contributed by atoms with Crippen molar-refractivity contribution in [2.45, 2.75) is 6.92 Å². The van der Waals surface area contributed by atoms with Gasteiger partial charge in [-0.3, -0.25) is 4.79 Å². The third-order valence-electron chi connectivity index (χ3n) is 3.01. The van der Waals surface area contributed by atoms with E-state index in [4.69, 9.17) is 4.74 Å². The highest BCUT2D eigenvalue weighted by Crippen LogP contribution is 2.22. The molecule has 19 heavy (non-hydrogen) atoms. The minimum Gasteiger partial charge on any atom is -0.461 e. The molecule has 0 atom stereocenters. The van der Waals surface area contributed by atoms with E-state index in [0.29, 0.717) is 17.7 Å². The molecule has 0 unspecified atom stereocenters. The monoisotopic (exact) mass is 256 g/mol. The van der Waals surface area contributed by atoms with Gasteiger partial charge >= 0.3 is 5.97 Å². The molecule has 2 N–H and O–H groups in total. The van der Waals surface area contributed by atoms with Gasteiger partial charge in [0.1, 0.15) is 5.69 Å². The molecule has 0 bridgehead atoms. The SMILES string of the molecule is CCOC(=O)c1cc2c(c[nH]1)[nH]c1cccc(=O)c12. The van der Waals surface area contributed by atoms with E-state index in [1.807, 2.05) is 6.07 Å². The second kappa shape index (κ2) is 4.28. The van der Waals surface area contributed by atoms with Gasteiger partial charge < -0.3 is 14.7 Å². The normalized spacial score (nSPS) is 11.0. The van der Waals surface area contributed by atoms with Crippen molar-refractivity contribution in [3.8, 4) is 0 Å².